The molecule has 3 heteroatoms. The van der Waals surface area contributed by atoms with E-state index in [9.17, 15) is 4.79 Å². The summed E-state index contributed by atoms with van der Waals surface area (Å²) in [5, 5.41) is 0. The van der Waals surface area contributed by atoms with E-state index < -0.39 is 0 Å². The molecule has 0 bridgehead atoms. The average molecular weight is 240 g/mol. The highest BCUT2D eigenvalue weighted by Crippen LogP contribution is 2.22. The first kappa shape index (κ1) is 14.5. The lowest BCUT2D eigenvalue weighted by atomic mass is 9.88. The number of hydrogen-bond donors (Lipinski definition) is 1. The summed E-state index contributed by atoms with van der Waals surface area (Å²) >= 11 is 0. The number of carbonyl (C=O) groups is 1. The van der Waals surface area contributed by atoms with Crippen molar-refractivity contribution in [2.75, 3.05) is 13.1 Å². The van der Waals surface area contributed by atoms with Crippen LogP contribution < -0.4 is 5.73 Å². The molecule has 0 aliphatic carbocycles. The molecule has 0 aromatic heterocycles. The van der Waals surface area contributed by atoms with Crippen LogP contribution in [-0.4, -0.2) is 29.4 Å². The van der Waals surface area contributed by atoms with Gasteiger partial charge in [0.2, 0.25) is 5.91 Å². The zero-order valence-corrected chi connectivity index (χ0v) is 11.5. The number of unbranched alkanes of at least 4 members (excludes halogenated alkanes) is 5. The van der Waals surface area contributed by atoms with Crippen molar-refractivity contribution in [1.29, 1.82) is 0 Å². The van der Waals surface area contributed by atoms with E-state index in [2.05, 4.69) is 13.8 Å². The van der Waals surface area contributed by atoms with E-state index in [1.165, 1.54) is 32.1 Å². The predicted molar refractivity (Wildman–Crippen MR) is 71.8 cm³/mol. The molecule has 2 N–H and O–H groups in total. The number of amides is 1. The molecule has 1 aliphatic heterocycles. The molecule has 0 spiro atoms. The van der Waals surface area contributed by atoms with Crippen LogP contribution in [-0.2, 0) is 4.79 Å². The highest BCUT2D eigenvalue weighted by Gasteiger charge is 2.39. The maximum Gasteiger partial charge on any atom is 0.222 e. The first-order chi connectivity index (χ1) is 8.11. The Labute approximate surface area is 106 Å². The van der Waals surface area contributed by atoms with Gasteiger partial charge >= 0.3 is 0 Å². The largest absolute Gasteiger partial charge is 0.339 e. The van der Waals surface area contributed by atoms with Crippen molar-refractivity contribution < 1.29 is 4.79 Å². The van der Waals surface area contributed by atoms with Crippen LogP contribution in [0.15, 0.2) is 0 Å². The molecule has 1 saturated heterocycles. The minimum absolute atomic E-state index is 0.0865. The Morgan fingerprint density at radius 2 is 1.71 bits per heavy atom. The molecule has 0 unspecified atom stereocenters. The maximum atomic E-state index is 11.8. The zero-order valence-electron chi connectivity index (χ0n) is 11.5. The SMILES string of the molecule is CCCCCCCCC(=O)N1CC(N)(CC)C1. The van der Waals surface area contributed by atoms with Crippen molar-refractivity contribution in [3.05, 3.63) is 0 Å². The molecular weight excluding hydrogens is 212 g/mol. The third-order valence-electron chi connectivity index (χ3n) is 3.81. The van der Waals surface area contributed by atoms with E-state index in [0.717, 1.165) is 25.9 Å². The Balaban J connectivity index is 2.00. The lowest BCUT2D eigenvalue weighted by molar-refractivity contribution is -0.138. The molecular formula is C14H28N2O. The molecule has 3 nitrogen and oxygen atoms in total. The summed E-state index contributed by atoms with van der Waals surface area (Å²) in [7, 11) is 0. The van der Waals surface area contributed by atoms with Gasteiger partial charge in [-0.25, -0.2) is 0 Å². The fourth-order valence-corrected chi connectivity index (χ4v) is 2.33. The maximum absolute atomic E-state index is 11.8. The Kier molecular flexibility index (Phi) is 5.96. The molecule has 1 heterocycles. The van der Waals surface area contributed by atoms with Crippen LogP contribution in [0, 0.1) is 0 Å². The van der Waals surface area contributed by atoms with Gasteiger partial charge in [-0.2, -0.15) is 0 Å². The van der Waals surface area contributed by atoms with E-state index in [4.69, 9.17) is 5.73 Å². The minimum atomic E-state index is -0.0865. The van der Waals surface area contributed by atoms with Crippen LogP contribution in [0.25, 0.3) is 0 Å². The molecule has 0 saturated carbocycles. The molecule has 1 aliphatic rings. The van der Waals surface area contributed by atoms with Gasteiger partial charge in [0.25, 0.3) is 0 Å². The summed E-state index contributed by atoms with van der Waals surface area (Å²) in [4.78, 5) is 13.7. The van der Waals surface area contributed by atoms with Crippen molar-refractivity contribution in [1.82, 2.24) is 4.90 Å². The fourth-order valence-electron chi connectivity index (χ4n) is 2.33. The predicted octanol–water partition coefficient (Wildman–Crippen LogP) is 2.69. The number of likely N-dealkylation sites (tertiary alicyclic amines) is 1. The summed E-state index contributed by atoms with van der Waals surface area (Å²) in [6, 6.07) is 0. The number of nitrogens with two attached hydrogens (primary N) is 1. The van der Waals surface area contributed by atoms with Gasteiger partial charge < -0.3 is 10.6 Å². The van der Waals surface area contributed by atoms with Crippen LogP contribution in [0.1, 0.15) is 65.2 Å². The smallest absolute Gasteiger partial charge is 0.222 e. The van der Waals surface area contributed by atoms with Gasteiger partial charge in [-0.3, -0.25) is 4.79 Å². The Morgan fingerprint density at radius 3 is 2.29 bits per heavy atom. The molecule has 0 radical (unpaired) electrons. The normalized spacial score (nSPS) is 17.9. The lowest BCUT2D eigenvalue weighted by Gasteiger charge is -2.47. The van der Waals surface area contributed by atoms with Crippen molar-refractivity contribution in [2.24, 2.45) is 5.73 Å². The molecule has 17 heavy (non-hydrogen) atoms. The Bertz CT molecular complexity index is 234. The molecule has 1 rings (SSSR count). The van der Waals surface area contributed by atoms with E-state index >= 15 is 0 Å². The van der Waals surface area contributed by atoms with Crippen LogP contribution in [0.2, 0.25) is 0 Å². The molecule has 0 aromatic rings. The Hall–Kier alpha value is -0.570. The van der Waals surface area contributed by atoms with Crippen LogP contribution in [0.4, 0.5) is 0 Å². The summed E-state index contributed by atoms with van der Waals surface area (Å²) in [6.45, 7) is 5.84. The van der Waals surface area contributed by atoms with Gasteiger partial charge in [-0.1, -0.05) is 46.0 Å². The topological polar surface area (TPSA) is 46.3 Å². The second kappa shape index (κ2) is 7.00. The second-order valence-corrected chi connectivity index (χ2v) is 5.48. The third kappa shape index (κ3) is 4.66. The highest BCUT2D eigenvalue weighted by atomic mass is 16.2. The van der Waals surface area contributed by atoms with Gasteiger partial charge in [0, 0.05) is 19.5 Å². The van der Waals surface area contributed by atoms with Crippen molar-refractivity contribution in [3.8, 4) is 0 Å². The van der Waals surface area contributed by atoms with E-state index in [1.807, 2.05) is 4.90 Å². The quantitative estimate of drug-likeness (QED) is 0.663. The summed E-state index contributed by atoms with van der Waals surface area (Å²) in [6.07, 6.45) is 9.12. The van der Waals surface area contributed by atoms with Gasteiger partial charge in [0.1, 0.15) is 0 Å². The van der Waals surface area contributed by atoms with E-state index in [0.29, 0.717) is 12.3 Å². The standard InChI is InChI=1S/C14H28N2O/c1-3-5-6-7-8-9-10-13(17)16-11-14(15,4-2)12-16/h3-12,15H2,1-2H3. The fraction of sp³-hybridized carbons (Fsp3) is 0.929. The van der Waals surface area contributed by atoms with Crippen molar-refractivity contribution >= 4 is 5.91 Å². The molecule has 0 aromatic carbocycles. The first-order valence-electron chi connectivity index (χ1n) is 7.18. The first-order valence-corrected chi connectivity index (χ1v) is 7.18. The van der Waals surface area contributed by atoms with Crippen LogP contribution in [0.3, 0.4) is 0 Å². The van der Waals surface area contributed by atoms with Crippen molar-refractivity contribution in [2.45, 2.75) is 70.8 Å². The highest BCUT2D eigenvalue weighted by molar-refractivity contribution is 5.77. The summed E-state index contributed by atoms with van der Waals surface area (Å²) < 4.78 is 0. The monoisotopic (exact) mass is 240 g/mol. The van der Waals surface area contributed by atoms with Gasteiger partial charge in [-0.15, -0.1) is 0 Å². The van der Waals surface area contributed by atoms with E-state index in [-0.39, 0.29) is 5.54 Å². The van der Waals surface area contributed by atoms with Gasteiger partial charge in [0.05, 0.1) is 5.54 Å². The summed E-state index contributed by atoms with van der Waals surface area (Å²) in [5.41, 5.74) is 5.96. The molecule has 100 valence electrons. The zero-order chi connectivity index (χ0) is 12.7. The average Bonchev–Trinajstić information content (AvgIpc) is 2.29. The van der Waals surface area contributed by atoms with Gasteiger partial charge in [0.15, 0.2) is 0 Å². The third-order valence-corrected chi connectivity index (χ3v) is 3.81. The minimum Gasteiger partial charge on any atom is -0.339 e. The van der Waals surface area contributed by atoms with Crippen molar-refractivity contribution in [3.63, 3.8) is 0 Å². The van der Waals surface area contributed by atoms with Crippen LogP contribution >= 0.6 is 0 Å². The molecule has 0 atom stereocenters. The second-order valence-electron chi connectivity index (χ2n) is 5.48. The number of rotatable bonds is 8. The van der Waals surface area contributed by atoms with E-state index in [1.54, 1.807) is 0 Å². The van der Waals surface area contributed by atoms with Gasteiger partial charge in [-0.05, 0) is 12.8 Å². The molecule has 1 fully saturated rings. The number of hydrogen-bond acceptors (Lipinski definition) is 2. The molecule has 1 amide bonds. The number of nitrogens with zero attached hydrogens (tertiary/aromatic N) is 1. The van der Waals surface area contributed by atoms with Crippen LogP contribution in [0.5, 0.6) is 0 Å². The number of carbonyl (C=O) groups excluding carboxylic acids is 1. The lowest BCUT2D eigenvalue weighted by Crippen LogP contribution is -2.68. The summed E-state index contributed by atoms with van der Waals surface area (Å²) in [5.74, 6) is 0.301. The Morgan fingerprint density at radius 1 is 1.12 bits per heavy atom.